The minimum Gasteiger partial charge on any atom is -0.312 e. The molecule has 0 aromatic carbocycles. The Morgan fingerprint density at radius 1 is 1.29 bits per heavy atom. The summed E-state index contributed by atoms with van der Waals surface area (Å²) in [4.78, 5) is 7.54. The van der Waals surface area contributed by atoms with Gasteiger partial charge in [0.05, 0.1) is 5.01 Å². The van der Waals surface area contributed by atoms with Crippen molar-refractivity contribution < 1.29 is 0 Å². The standard InChI is InChI=1S/C17H29N3S/c1-3-18-15(12-16-19-14(2)13-21-16)17(8-4-5-9-17)20-10-6-7-11-20/h13,15,18H,3-12H2,1-2H3. The van der Waals surface area contributed by atoms with E-state index in [1.807, 2.05) is 11.3 Å². The minimum atomic E-state index is 0.395. The molecule has 2 fully saturated rings. The van der Waals surface area contributed by atoms with E-state index in [4.69, 9.17) is 4.98 Å². The van der Waals surface area contributed by atoms with Crippen molar-refractivity contribution in [3.05, 3.63) is 16.1 Å². The highest BCUT2D eigenvalue weighted by Gasteiger charge is 2.46. The predicted octanol–water partition coefficient (Wildman–Crippen LogP) is 3.38. The second-order valence-electron chi connectivity index (χ2n) is 6.70. The lowest BCUT2D eigenvalue weighted by Gasteiger charge is -2.45. The van der Waals surface area contributed by atoms with Crippen molar-refractivity contribution in [1.82, 2.24) is 15.2 Å². The van der Waals surface area contributed by atoms with Crippen LogP contribution in [0.4, 0.5) is 0 Å². The third kappa shape index (κ3) is 3.17. The van der Waals surface area contributed by atoms with Gasteiger partial charge in [0.15, 0.2) is 0 Å². The smallest absolute Gasteiger partial charge is 0.0944 e. The van der Waals surface area contributed by atoms with Crippen LogP contribution >= 0.6 is 11.3 Å². The molecule has 0 bridgehead atoms. The van der Waals surface area contributed by atoms with E-state index in [1.54, 1.807) is 0 Å². The molecule has 1 aliphatic carbocycles. The molecule has 21 heavy (non-hydrogen) atoms. The molecule has 1 N–H and O–H groups in total. The Labute approximate surface area is 133 Å². The quantitative estimate of drug-likeness (QED) is 0.873. The van der Waals surface area contributed by atoms with Crippen molar-refractivity contribution in [2.45, 2.75) is 70.4 Å². The molecule has 2 aliphatic rings. The molecule has 3 rings (SSSR count). The zero-order valence-corrected chi connectivity index (χ0v) is 14.3. The highest BCUT2D eigenvalue weighted by molar-refractivity contribution is 7.09. The highest BCUT2D eigenvalue weighted by atomic mass is 32.1. The number of nitrogens with one attached hydrogen (secondary N) is 1. The summed E-state index contributed by atoms with van der Waals surface area (Å²) in [5, 5.41) is 7.32. The van der Waals surface area contributed by atoms with Crippen LogP contribution in [0, 0.1) is 6.92 Å². The SMILES string of the molecule is CCNC(Cc1nc(C)cs1)C1(N2CCCC2)CCCC1. The van der Waals surface area contributed by atoms with Crippen LogP contribution in [0.2, 0.25) is 0 Å². The zero-order chi connectivity index (χ0) is 14.7. The maximum absolute atomic E-state index is 4.72. The second kappa shape index (κ2) is 6.76. The number of thiazole rings is 1. The molecule has 0 radical (unpaired) electrons. The predicted molar refractivity (Wildman–Crippen MR) is 90.0 cm³/mol. The van der Waals surface area contributed by atoms with Gasteiger partial charge < -0.3 is 5.32 Å². The fourth-order valence-electron chi connectivity index (χ4n) is 4.40. The lowest BCUT2D eigenvalue weighted by Crippen LogP contribution is -2.60. The van der Waals surface area contributed by atoms with Gasteiger partial charge in [-0.05, 0) is 52.2 Å². The normalized spacial score (nSPS) is 23.7. The number of hydrogen-bond acceptors (Lipinski definition) is 4. The summed E-state index contributed by atoms with van der Waals surface area (Å²) >= 11 is 1.83. The number of aryl methyl sites for hydroxylation is 1. The summed E-state index contributed by atoms with van der Waals surface area (Å²) in [7, 11) is 0. The Hall–Kier alpha value is -0.450. The van der Waals surface area contributed by atoms with Gasteiger partial charge in [-0.2, -0.15) is 0 Å². The van der Waals surface area contributed by atoms with Crippen LogP contribution in [0.1, 0.15) is 56.2 Å². The van der Waals surface area contributed by atoms with Gasteiger partial charge in [0.2, 0.25) is 0 Å². The van der Waals surface area contributed by atoms with E-state index in [1.165, 1.54) is 62.3 Å². The number of aromatic nitrogens is 1. The van der Waals surface area contributed by atoms with E-state index in [9.17, 15) is 0 Å². The number of rotatable bonds is 6. The van der Waals surface area contributed by atoms with Crippen LogP contribution in [0.15, 0.2) is 5.38 Å². The Bertz CT molecular complexity index is 445. The summed E-state index contributed by atoms with van der Waals surface area (Å²) < 4.78 is 0. The number of nitrogens with zero attached hydrogens (tertiary/aromatic N) is 2. The number of hydrogen-bond donors (Lipinski definition) is 1. The summed E-state index contributed by atoms with van der Waals surface area (Å²) in [5.74, 6) is 0. The van der Waals surface area contributed by atoms with Gasteiger partial charge in [0.25, 0.3) is 0 Å². The van der Waals surface area contributed by atoms with E-state index in [-0.39, 0.29) is 0 Å². The number of likely N-dealkylation sites (tertiary alicyclic amines) is 1. The Balaban J connectivity index is 1.81. The van der Waals surface area contributed by atoms with Crippen LogP contribution in [0.5, 0.6) is 0 Å². The molecule has 1 aromatic heterocycles. The largest absolute Gasteiger partial charge is 0.312 e. The summed E-state index contributed by atoms with van der Waals surface area (Å²) in [6.45, 7) is 8.02. The van der Waals surface area contributed by atoms with Crippen LogP contribution in [0.25, 0.3) is 0 Å². The number of likely N-dealkylation sites (N-methyl/N-ethyl adjacent to an activating group) is 1. The average molecular weight is 308 g/mol. The molecule has 2 heterocycles. The fraction of sp³-hybridized carbons (Fsp3) is 0.824. The monoisotopic (exact) mass is 307 g/mol. The van der Waals surface area contributed by atoms with E-state index >= 15 is 0 Å². The second-order valence-corrected chi connectivity index (χ2v) is 7.64. The van der Waals surface area contributed by atoms with Gasteiger partial charge in [-0.15, -0.1) is 11.3 Å². The first-order chi connectivity index (χ1) is 10.2. The minimum absolute atomic E-state index is 0.395. The molecule has 3 nitrogen and oxygen atoms in total. The third-order valence-electron chi connectivity index (χ3n) is 5.35. The van der Waals surface area contributed by atoms with Crippen LogP contribution < -0.4 is 5.32 Å². The van der Waals surface area contributed by atoms with E-state index in [0.29, 0.717) is 11.6 Å². The lowest BCUT2D eigenvalue weighted by molar-refractivity contribution is 0.0772. The Kier molecular flexibility index (Phi) is 4.97. The lowest BCUT2D eigenvalue weighted by atomic mass is 9.84. The molecule has 1 saturated carbocycles. The summed E-state index contributed by atoms with van der Waals surface area (Å²) in [5.41, 5.74) is 1.57. The molecule has 0 spiro atoms. The molecule has 0 amide bonds. The molecule has 1 unspecified atom stereocenters. The first kappa shape index (κ1) is 15.4. The molecular weight excluding hydrogens is 278 g/mol. The first-order valence-corrected chi connectivity index (χ1v) is 9.52. The molecule has 1 aliphatic heterocycles. The van der Waals surface area contributed by atoms with Crippen molar-refractivity contribution >= 4 is 11.3 Å². The van der Waals surface area contributed by atoms with Crippen molar-refractivity contribution in [3.8, 4) is 0 Å². The maximum Gasteiger partial charge on any atom is 0.0944 e. The first-order valence-electron chi connectivity index (χ1n) is 8.64. The van der Waals surface area contributed by atoms with Crippen molar-refractivity contribution in [2.24, 2.45) is 0 Å². The van der Waals surface area contributed by atoms with E-state index < -0.39 is 0 Å². The Morgan fingerprint density at radius 3 is 2.57 bits per heavy atom. The van der Waals surface area contributed by atoms with Crippen LogP contribution in [0.3, 0.4) is 0 Å². The van der Waals surface area contributed by atoms with Crippen molar-refractivity contribution in [3.63, 3.8) is 0 Å². The van der Waals surface area contributed by atoms with Gasteiger partial charge in [-0.3, -0.25) is 4.90 Å². The highest BCUT2D eigenvalue weighted by Crippen LogP contribution is 2.41. The van der Waals surface area contributed by atoms with Gasteiger partial charge >= 0.3 is 0 Å². The van der Waals surface area contributed by atoms with E-state index in [0.717, 1.165) is 13.0 Å². The van der Waals surface area contributed by atoms with Gasteiger partial charge in [-0.25, -0.2) is 4.98 Å². The maximum atomic E-state index is 4.72. The van der Waals surface area contributed by atoms with Gasteiger partial charge in [0.1, 0.15) is 0 Å². The summed E-state index contributed by atoms with van der Waals surface area (Å²) in [6, 6.07) is 0.564. The fourth-order valence-corrected chi connectivity index (χ4v) is 5.22. The molecule has 4 heteroatoms. The third-order valence-corrected chi connectivity index (χ3v) is 6.34. The molecule has 1 saturated heterocycles. The van der Waals surface area contributed by atoms with E-state index in [2.05, 4.69) is 29.4 Å². The van der Waals surface area contributed by atoms with Gasteiger partial charge in [0, 0.05) is 29.1 Å². The molecular formula is C17H29N3S. The van der Waals surface area contributed by atoms with Crippen molar-refractivity contribution in [2.75, 3.05) is 19.6 Å². The zero-order valence-electron chi connectivity index (χ0n) is 13.5. The topological polar surface area (TPSA) is 28.2 Å². The molecule has 118 valence electrons. The van der Waals surface area contributed by atoms with Crippen LogP contribution in [-0.4, -0.2) is 41.1 Å². The molecule has 1 atom stereocenters. The Morgan fingerprint density at radius 2 is 2.00 bits per heavy atom. The van der Waals surface area contributed by atoms with Crippen molar-refractivity contribution in [1.29, 1.82) is 0 Å². The van der Waals surface area contributed by atoms with Gasteiger partial charge in [-0.1, -0.05) is 19.8 Å². The summed E-state index contributed by atoms with van der Waals surface area (Å²) in [6.07, 6.45) is 9.41. The molecule has 1 aromatic rings. The average Bonchev–Trinajstić information content (AvgIpc) is 3.20. The van der Waals surface area contributed by atoms with Crippen LogP contribution in [-0.2, 0) is 6.42 Å².